The molecule has 0 saturated carbocycles. The first kappa shape index (κ1) is 11.1. The van der Waals surface area contributed by atoms with E-state index in [1.165, 1.54) is 5.56 Å². The minimum atomic E-state index is -0.145. The fourth-order valence-corrected chi connectivity index (χ4v) is 2.12. The Morgan fingerprint density at radius 3 is 2.94 bits per heavy atom. The van der Waals surface area contributed by atoms with Crippen LogP contribution in [0.2, 0.25) is 0 Å². The lowest BCUT2D eigenvalue weighted by atomic mass is 10.1. The van der Waals surface area contributed by atoms with Crippen LogP contribution in [-0.2, 0) is 13.5 Å². The number of oxazole rings is 1. The van der Waals surface area contributed by atoms with Crippen LogP contribution in [0.3, 0.4) is 0 Å². The van der Waals surface area contributed by atoms with E-state index in [0.717, 1.165) is 17.9 Å². The van der Waals surface area contributed by atoms with Gasteiger partial charge >= 0.3 is 5.84 Å². The number of aryl methyl sites for hydroxylation is 2. The fourth-order valence-electron chi connectivity index (χ4n) is 2.12. The molecule has 3 aromatic rings. The Morgan fingerprint density at radius 1 is 1.44 bits per heavy atom. The maximum atomic E-state index is 6.17. The van der Waals surface area contributed by atoms with Gasteiger partial charge in [-0.15, -0.1) is 0 Å². The Morgan fingerprint density at radius 2 is 2.28 bits per heavy atom. The number of nitrogens with two attached hydrogens (primary N) is 1. The van der Waals surface area contributed by atoms with E-state index < -0.39 is 0 Å². The van der Waals surface area contributed by atoms with Crippen LogP contribution in [-0.4, -0.2) is 14.0 Å². The Labute approximate surface area is 105 Å². The van der Waals surface area contributed by atoms with Crippen LogP contribution in [0.4, 0.5) is 0 Å². The highest BCUT2D eigenvalue weighted by atomic mass is 16.4. The zero-order valence-electron chi connectivity index (χ0n) is 10.5. The van der Waals surface area contributed by atoms with E-state index in [1.807, 2.05) is 35.3 Å². The molecule has 1 atom stereocenters. The van der Waals surface area contributed by atoms with Crippen molar-refractivity contribution in [2.24, 2.45) is 12.8 Å². The third-order valence-electron chi connectivity index (χ3n) is 3.13. The molecule has 0 radical (unpaired) electrons. The monoisotopic (exact) mass is 244 g/mol. The summed E-state index contributed by atoms with van der Waals surface area (Å²) in [5, 5.41) is 0. The van der Waals surface area contributed by atoms with Crippen molar-refractivity contribution in [1.29, 1.82) is 0 Å². The van der Waals surface area contributed by atoms with Crippen molar-refractivity contribution in [2.75, 3.05) is 0 Å². The molecule has 5 nitrogen and oxygen atoms in total. The summed E-state index contributed by atoms with van der Waals surface area (Å²) in [5.74, 6) is 1.37. The van der Waals surface area contributed by atoms with E-state index in [4.69, 9.17) is 10.2 Å². The maximum Gasteiger partial charge on any atom is 0.306 e. The quantitative estimate of drug-likeness (QED) is 0.764. The molecule has 0 amide bonds. The number of nitrogens with zero attached hydrogens (tertiary/aromatic N) is 3. The topological polar surface area (TPSA) is 61.4 Å². The van der Waals surface area contributed by atoms with Crippen LogP contribution >= 0.6 is 0 Å². The summed E-state index contributed by atoms with van der Waals surface area (Å²) < 4.78 is 9.58. The van der Waals surface area contributed by atoms with Gasteiger partial charge in [-0.25, -0.2) is 4.98 Å². The van der Waals surface area contributed by atoms with Crippen LogP contribution in [0.1, 0.15) is 23.1 Å². The normalized spacial score (nSPS) is 13.3. The first-order valence-electron chi connectivity index (χ1n) is 5.93. The van der Waals surface area contributed by atoms with Crippen molar-refractivity contribution in [3.8, 4) is 0 Å². The highest BCUT2D eigenvalue weighted by Gasteiger charge is 2.14. The average Bonchev–Trinajstić information content (AvgIpc) is 2.98. The zero-order chi connectivity index (χ0) is 12.7. The Kier molecular flexibility index (Phi) is 2.48. The summed E-state index contributed by atoms with van der Waals surface area (Å²) in [4.78, 5) is 4.17. The molecular formula is C13H16N4O. The highest BCUT2D eigenvalue weighted by molar-refractivity contribution is 5.29. The molecule has 0 saturated heterocycles. The van der Waals surface area contributed by atoms with Gasteiger partial charge in [-0.3, -0.25) is 4.40 Å². The summed E-state index contributed by atoms with van der Waals surface area (Å²) in [7, 11) is 2.00. The predicted octanol–water partition coefficient (Wildman–Crippen LogP) is 1.82. The summed E-state index contributed by atoms with van der Waals surface area (Å²) in [5.41, 5.74) is 8.42. The van der Waals surface area contributed by atoms with Gasteiger partial charge in [-0.05, 0) is 25.0 Å². The Hall–Kier alpha value is -2.01. The maximum absolute atomic E-state index is 6.17. The average molecular weight is 244 g/mol. The van der Waals surface area contributed by atoms with Gasteiger partial charge in [0.15, 0.2) is 0 Å². The van der Waals surface area contributed by atoms with E-state index in [9.17, 15) is 0 Å². The lowest BCUT2D eigenvalue weighted by Gasteiger charge is -2.05. The molecule has 1 unspecified atom stereocenters. The van der Waals surface area contributed by atoms with Gasteiger partial charge in [-0.1, -0.05) is 0 Å². The van der Waals surface area contributed by atoms with Gasteiger partial charge < -0.3 is 14.7 Å². The van der Waals surface area contributed by atoms with Crippen LogP contribution in [0.15, 0.2) is 35.3 Å². The lowest BCUT2D eigenvalue weighted by molar-refractivity contribution is 0.486. The molecule has 0 fully saturated rings. The molecule has 94 valence electrons. The number of aromatic nitrogens is 3. The molecule has 3 aromatic heterocycles. The third-order valence-corrected chi connectivity index (χ3v) is 3.13. The van der Waals surface area contributed by atoms with Crippen molar-refractivity contribution >= 4 is 5.84 Å². The van der Waals surface area contributed by atoms with Crippen molar-refractivity contribution in [3.63, 3.8) is 0 Å². The van der Waals surface area contributed by atoms with E-state index in [2.05, 4.69) is 17.2 Å². The van der Waals surface area contributed by atoms with Gasteiger partial charge in [-0.2, -0.15) is 0 Å². The summed E-state index contributed by atoms with van der Waals surface area (Å²) >= 11 is 0. The van der Waals surface area contributed by atoms with Crippen molar-refractivity contribution in [1.82, 2.24) is 14.0 Å². The Balaban J connectivity index is 1.85. The predicted molar refractivity (Wildman–Crippen MR) is 68.2 cm³/mol. The van der Waals surface area contributed by atoms with Gasteiger partial charge in [0.25, 0.3) is 0 Å². The first-order valence-corrected chi connectivity index (χ1v) is 5.93. The molecule has 0 aromatic carbocycles. The molecule has 0 spiro atoms. The molecule has 2 N–H and O–H groups in total. The molecule has 18 heavy (non-hydrogen) atoms. The van der Waals surface area contributed by atoms with Crippen LogP contribution in [0.5, 0.6) is 0 Å². The zero-order valence-corrected chi connectivity index (χ0v) is 10.5. The second-order valence-corrected chi connectivity index (χ2v) is 4.68. The van der Waals surface area contributed by atoms with Gasteiger partial charge in [0.05, 0.1) is 18.4 Å². The fraction of sp³-hybridized carbons (Fsp3) is 0.308. The van der Waals surface area contributed by atoms with Crippen LogP contribution in [0, 0.1) is 6.92 Å². The molecule has 5 heteroatoms. The first-order chi connectivity index (χ1) is 8.63. The second kappa shape index (κ2) is 4.03. The number of imidazole rings is 1. The number of hydrogen-bond acceptors (Lipinski definition) is 3. The molecule has 0 aliphatic heterocycles. The third kappa shape index (κ3) is 1.82. The number of rotatable bonds is 3. The van der Waals surface area contributed by atoms with Crippen LogP contribution < -0.4 is 5.73 Å². The SMILES string of the molecule is Cc1cnc2oc(C(N)Cc3ccn(C)c3)cn12. The second-order valence-electron chi connectivity index (χ2n) is 4.68. The minimum absolute atomic E-state index is 0.145. The number of fused-ring (bicyclic) bond motifs is 1. The van der Waals surface area contributed by atoms with Crippen molar-refractivity contribution in [2.45, 2.75) is 19.4 Å². The van der Waals surface area contributed by atoms with Crippen molar-refractivity contribution in [3.05, 3.63) is 47.9 Å². The summed E-state index contributed by atoms with van der Waals surface area (Å²) in [6.45, 7) is 1.99. The molecule has 0 aliphatic carbocycles. The van der Waals surface area contributed by atoms with E-state index in [0.29, 0.717) is 5.84 Å². The molecule has 0 bridgehead atoms. The molecule has 3 heterocycles. The smallest absolute Gasteiger partial charge is 0.306 e. The lowest BCUT2D eigenvalue weighted by Crippen LogP contribution is -2.12. The van der Waals surface area contributed by atoms with Crippen LogP contribution in [0.25, 0.3) is 5.84 Å². The van der Waals surface area contributed by atoms with Gasteiger partial charge in [0.2, 0.25) is 0 Å². The van der Waals surface area contributed by atoms with Gasteiger partial charge in [0.1, 0.15) is 5.76 Å². The standard InChI is InChI=1S/C13H16N4O/c1-9-6-15-13-17(9)8-12(18-13)11(14)5-10-3-4-16(2)7-10/h3-4,6-8,11H,5,14H2,1-2H3. The molecular weight excluding hydrogens is 228 g/mol. The highest BCUT2D eigenvalue weighted by Crippen LogP contribution is 2.20. The van der Waals surface area contributed by atoms with E-state index >= 15 is 0 Å². The summed E-state index contributed by atoms with van der Waals surface area (Å²) in [6.07, 6.45) is 8.55. The minimum Gasteiger partial charge on any atom is -0.427 e. The molecule has 0 aliphatic rings. The van der Waals surface area contributed by atoms with E-state index in [-0.39, 0.29) is 6.04 Å². The van der Waals surface area contributed by atoms with Crippen molar-refractivity contribution < 1.29 is 4.42 Å². The van der Waals surface area contributed by atoms with Gasteiger partial charge in [0, 0.05) is 25.1 Å². The number of hydrogen-bond donors (Lipinski definition) is 1. The molecule has 3 rings (SSSR count). The summed E-state index contributed by atoms with van der Waals surface area (Å²) in [6, 6.07) is 1.92. The van der Waals surface area contributed by atoms with E-state index in [1.54, 1.807) is 6.20 Å². The largest absolute Gasteiger partial charge is 0.427 e. The Bertz CT molecular complexity index is 676.